The molecule has 3 nitrogen and oxygen atoms in total. The van der Waals surface area contributed by atoms with Crippen molar-refractivity contribution in [3.8, 4) is 11.1 Å². The zero-order valence-corrected chi connectivity index (χ0v) is 16.6. The summed E-state index contributed by atoms with van der Waals surface area (Å²) in [4.78, 5) is 18.2. The van der Waals surface area contributed by atoms with Crippen molar-refractivity contribution in [1.82, 2.24) is 0 Å². The van der Waals surface area contributed by atoms with Gasteiger partial charge in [0.2, 0.25) is 0 Å². The van der Waals surface area contributed by atoms with Crippen molar-refractivity contribution in [1.29, 1.82) is 0 Å². The summed E-state index contributed by atoms with van der Waals surface area (Å²) in [6.07, 6.45) is 0. The quantitative estimate of drug-likeness (QED) is 0.187. The van der Waals surface area contributed by atoms with Crippen LogP contribution in [0.2, 0.25) is 0 Å². The number of rotatable bonds is 2. The molecule has 0 fully saturated rings. The molecule has 0 aliphatic heterocycles. The summed E-state index contributed by atoms with van der Waals surface area (Å²) < 4.78 is 0. The highest BCUT2D eigenvalue weighted by Crippen LogP contribution is 2.36. The van der Waals surface area contributed by atoms with E-state index in [-0.39, 0.29) is 0 Å². The molecule has 3 heteroatoms. The van der Waals surface area contributed by atoms with Crippen molar-refractivity contribution in [3.05, 3.63) is 120 Å². The van der Waals surface area contributed by atoms with Crippen LogP contribution in [0.5, 0.6) is 0 Å². The van der Waals surface area contributed by atoms with E-state index >= 15 is 0 Å². The van der Waals surface area contributed by atoms with Gasteiger partial charge in [0.1, 0.15) is 5.71 Å². The predicted octanol–water partition coefficient (Wildman–Crippen LogP) is 6.58. The lowest BCUT2D eigenvalue weighted by Crippen LogP contribution is -2.05. The van der Waals surface area contributed by atoms with E-state index in [1.807, 2.05) is 60.7 Å². The minimum atomic E-state index is -0.468. The second kappa shape index (κ2) is 6.92. The van der Waals surface area contributed by atoms with Crippen molar-refractivity contribution in [2.45, 2.75) is 0 Å². The molecule has 1 aliphatic carbocycles. The van der Waals surface area contributed by atoms with Crippen LogP contribution in [0.4, 0.5) is 0 Å². The molecule has 1 aliphatic rings. The number of fused-ring (bicyclic) bond motifs is 5. The molecule has 0 N–H and O–H groups in total. The number of oxime groups is 1. The standard InChI is InChI=1S/C28H17NO2/c30-28(21-14-13-20-15-18-7-1-2-8-19(18)16-22(20)17-21)31-29-27-25-11-5-3-9-23(25)24-10-4-6-12-26(24)27/h1-17H. The summed E-state index contributed by atoms with van der Waals surface area (Å²) in [5.41, 5.74) is 5.32. The van der Waals surface area contributed by atoms with Crippen molar-refractivity contribution in [2.24, 2.45) is 5.16 Å². The fourth-order valence-corrected chi connectivity index (χ4v) is 4.30. The summed E-state index contributed by atoms with van der Waals surface area (Å²) in [5.74, 6) is -0.468. The molecule has 0 amide bonds. The molecule has 0 unspecified atom stereocenters. The van der Waals surface area contributed by atoms with Crippen LogP contribution in [-0.4, -0.2) is 11.7 Å². The van der Waals surface area contributed by atoms with Gasteiger partial charge in [0, 0.05) is 11.1 Å². The third-order valence-electron chi connectivity index (χ3n) is 5.81. The first-order valence-electron chi connectivity index (χ1n) is 10.2. The highest BCUT2D eigenvalue weighted by atomic mass is 16.7. The zero-order chi connectivity index (χ0) is 20.8. The van der Waals surface area contributed by atoms with Crippen LogP contribution >= 0.6 is 0 Å². The Morgan fingerprint density at radius 2 is 1.06 bits per heavy atom. The number of carbonyl (C=O) groups excluding carboxylic acids is 1. The summed E-state index contributed by atoms with van der Waals surface area (Å²) in [6.45, 7) is 0. The lowest BCUT2D eigenvalue weighted by atomic mass is 10.0. The summed E-state index contributed by atoms with van der Waals surface area (Å²) in [7, 11) is 0. The lowest BCUT2D eigenvalue weighted by molar-refractivity contribution is 0.0517. The number of hydrogen-bond donors (Lipinski definition) is 0. The molecule has 0 bridgehead atoms. The fourth-order valence-electron chi connectivity index (χ4n) is 4.30. The Balaban J connectivity index is 1.36. The van der Waals surface area contributed by atoms with Crippen LogP contribution in [0, 0.1) is 0 Å². The number of carbonyl (C=O) groups is 1. The van der Waals surface area contributed by atoms with E-state index in [9.17, 15) is 4.79 Å². The van der Waals surface area contributed by atoms with Gasteiger partial charge in [0.15, 0.2) is 0 Å². The van der Waals surface area contributed by atoms with Crippen LogP contribution in [0.1, 0.15) is 21.5 Å². The molecule has 0 radical (unpaired) electrons. The second-order valence-electron chi connectivity index (χ2n) is 7.67. The van der Waals surface area contributed by atoms with Gasteiger partial charge in [-0.05, 0) is 56.9 Å². The van der Waals surface area contributed by atoms with Crippen molar-refractivity contribution in [3.63, 3.8) is 0 Å². The molecule has 31 heavy (non-hydrogen) atoms. The summed E-state index contributed by atoms with van der Waals surface area (Å²) in [6, 6.07) is 34.1. The van der Waals surface area contributed by atoms with E-state index in [0.717, 1.165) is 38.4 Å². The van der Waals surface area contributed by atoms with Gasteiger partial charge in [0.25, 0.3) is 0 Å². The van der Waals surface area contributed by atoms with Crippen molar-refractivity contribution < 1.29 is 9.63 Å². The number of nitrogens with zero attached hydrogens (tertiary/aromatic N) is 1. The van der Waals surface area contributed by atoms with E-state index in [2.05, 4.69) is 41.6 Å². The van der Waals surface area contributed by atoms with Gasteiger partial charge in [-0.1, -0.05) is 84.0 Å². The number of hydrogen-bond acceptors (Lipinski definition) is 3. The first kappa shape index (κ1) is 17.6. The van der Waals surface area contributed by atoms with Gasteiger partial charge in [-0.15, -0.1) is 0 Å². The Bertz CT molecular complexity index is 1480. The second-order valence-corrected chi connectivity index (χ2v) is 7.67. The average Bonchev–Trinajstić information content (AvgIpc) is 3.14. The van der Waals surface area contributed by atoms with Crippen molar-refractivity contribution in [2.75, 3.05) is 0 Å². The van der Waals surface area contributed by atoms with E-state index < -0.39 is 5.97 Å². The normalized spacial score (nSPS) is 11.9. The molecule has 0 atom stereocenters. The minimum absolute atomic E-state index is 0.468. The molecule has 0 spiro atoms. The Morgan fingerprint density at radius 1 is 0.548 bits per heavy atom. The topological polar surface area (TPSA) is 38.7 Å². The Labute approximate surface area is 179 Å². The Kier molecular flexibility index (Phi) is 3.93. The molecular weight excluding hydrogens is 382 g/mol. The Morgan fingerprint density at radius 3 is 1.71 bits per heavy atom. The van der Waals surface area contributed by atoms with Gasteiger partial charge < -0.3 is 4.84 Å². The van der Waals surface area contributed by atoms with Gasteiger partial charge >= 0.3 is 5.97 Å². The highest BCUT2D eigenvalue weighted by Gasteiger charge is 2.25. The average molecular weight is 399 g/mol. The van der Waals surface area contributed by atoms with E-state index in [1.54, 1.807) is 6.07 Å². The van der Waals surface area contributed by atoms with Gasteiger partial charge in [-0.3, -0.25) is 0 Å². The van der Waals surface area contributed by atoms with Gasteiger partial charge in [-0.2, -0.15) is 0 Å². The number of benzene rings is 5. The summed E-state index contributed by atoms with van der Waals surface area (Å²) in [5, 5.41) is 8.68. The molecule has 0 heterocycles. The maximum absolute atomic E-state index is 12.8. The molecule has 0 saturated heterocycles. The first-order valence-corrected chi connectivity index (χ1v) is 10.2. The molecule has 0 aromatic heterocycles. The molecule has 0 saturated carbocycles. The van der Waals surface area contributed by atoms with E-state index in [1.165, 1.54) is 5.39 Å². The minimum Gasteiger partial charge on any atom is -0.312 e. The predicted molar refractivity (Wildman–Crippen MR) is 124 cm³/mol. The van der Waals surface area contributed by atoms with Crippen LogP contribution < -0.4 is 0 Å². The fraction of sp³-hybridized carbons (Fsp3) is 0. The lowest BCUT2D eigenvalue weighted by Gasteiger charge is -2.05. The third kappa shape index (κ3) is 2.90. The maximum Gasteiger partial charge on any atom is 0.365 e. The van der Waals surface area contributed by atoms with E-state index in [4.69, 9.17) is 4.84 Å². The molecule has 5 aromatic rings. The molecule has 5 aromatic carbocycles. The molecule has 6 rings (SSSR count). The highest BCUT2D eigenvalue weighted by molar-refractivity contribution is 6.24. The Hall–Kier alpha value is -4.24. The largest absolute Gasteiger partial charge is 0.365 e. The van der Waals surface area contributed by atoms with Crippen LogP contribution in [0.15, 0.2) is 108 Å². The monoisotopic (exact) mass is 399 g/mol. The maximum atomic E-state index is 12.8. The van der Waals surface area contributed by atoms with Gasteiger partial charge in [-0.25, -0.2) is 4.79 Å². The first-order chi connectivity index (χ1) is 15.3. The van der Waals surface area contributed by atoms with Crippen LogP contribution in [0.3, 0.4) is 0 Å². The molecular formula is C28H17NO2. The van der Waals surface area contributed by atoms with Crippen LogP contribution in [-0.2, 0) is 4.84 Å². The van der Waals surface area contributed by atoms with Crippen molar-refractivity contribution >= 4 is 33.2 Å². The van der Waals surface area contributed by atoms with Crippen LogP contribution in [0.25, 0.3) is 32.7 Å². The smallest absolute Gasteiger partial charge is 0.312 e. The zero-order valence-electron chi connectivity index (χ0n) is 16.6. The van der Waals surface area contributed by atoms with Gasteiger partial charge in [0.05, 0.1) is 5.56 Å². The third-order valence-corrected chi connectivity index (χ3v) is 5.81. The SMILES string of the molecule is O=C(ON=C1c2ccccc2-c2ccccc21)c1ccc2cc3ccccc3cc2c1. The molecule has 146 valence electrons. The summed E-state index contributed by atoms with van der Waals surface area (Å²) >= 11 is 0. The van der Waals surface area contributed by atoms with E-state index in [0.29, 0.717) is 11.3 Å².